The van der Waals surface area contributed by atoms with Crippen molar-refractivity contribution in [3.05, 3.63) is 17.7 Å². The Balaban J connectivity index is 3.64. The van der Waals surface area contributed by atoms with Crippen LogP contribution in [0.15, 0.2) is 12.1 Å². The Bertz CT molecular complexity index is 465. The average Bonchev–Trinajstić information content (AvgIpc) is 2.06. The van der Waals surface area contributed by atoms with Crippen LogP contribution in [0.3, 0.4) is 0 Å². The first-order valence-electron chi connectivity index (χ1n) is 3.66. The summed E-state index contributed by atoms with van der Waals surface area (Å²) in [5.41, 5.74) is 3.95. The third-order valence-electron chi connectivity index (χ3n) is 1.72. The molecule has 0 saturated heterocycles. The molecule has 0 spiro atoms. The number of carboxylic acid groups (broad SMARTS) is 1. The summed E-state index contributed by atoms with van der Waals surface area (Å²) >= 11 is 0. The third kappa shape index (κ3) is 2.10. The number of hydrogen-bond acceptors (Lipinski definition) is 4. The Kier molecular flexibility index (Phi) is 2.72. The van der Waals surface area contributed by atoms with Gasteiger partial charge in [-0.3, -0.25) is 4.57 Å². The minimum Gasteiger partial charge on any atom is -0.506 e. The maximum atomic E-state index is 11.0. The van der Waals surface area contributed by atoms with Gasteiger partial charge in [-0.25, -0.2) is 4.79 Å². The van der Waals surface area contributed by atoms with E-state index in [1.807, 2.05) is 0 Å². The molecular formula is C7H8NO6P. The van der Waals surface area contributed by atoms with Gasteiger partial charge in [-0.1, -0.05) is 0 Å². The van der Waals surface area contributed by atoms with Gasteiger partial charge in [-0.2, -0.15) is 0 Å². The Morgan fingerprint density at radius 2 is 1.87 bits per heavy atom. The second-order valence-corrected chi connectivity index (χ2v) is 4.28. The predicted molar refractivity (Wildman–Crippen MR) is 51.2 cm³/mol. The minimum atomic E-state index is -4.84. The molecule has 15 heavy (non-hydrogen) atoms. The summed E-state index contributed by atoms with van der Waals surface area (Å²) in [6, 6.07) is 1.83. The fourth-order valence-electron chi connectivity index (χ4n) is 1.08. The summed E-state index contributed by atoms with van der Waals surface area (Å²) < 4.78 is 11.0. The molecule has 0 saturated carbocycles. The lowest BCUT2D eigenvalue weighted by Gasteiger charge is -2.11. The molecule has 0 aliphatic carbocycles. The van der Waals surface area contributed by atoms with Crippen molar-refractivity contribution in [1.82, 2.24) is 0 Å². The minimum absolute atomic E-state index is 0.571. The fourth-order valence-corrected chi connectivity index (χ4v) is 2.00. The van der Waals surface area contributed by atoms with Gasteiger partial charge in [0.15, 0.2) is 0 Å². The van der Waals surface area contributed by atoms with Crippen LogP contribution in [0.1, 0.15) is 10.4 Å². The van der Waals surface area contributed by atoms with E-state index in [-0.39, 0.29) is 0 Å². The van der Waals surface area contributed by atoms with E-state index >= 15 is 0 Å². The Hall–Kier alpha value is -1.56. The second-order valence-electron chi connectivity index (χ2n) is 2.74. The van der Waals surface area contributed by atoms with E-state index in [4.69, 9.17) is 25.7 Å². The summed E-state index contributed by atoms with van der Waals surface area (Å²) in [5, 5.41) is 16.9. The lowest BCUT2D eigenvalue weighted by Crippen LogP contribution is -2.19. The van der Waals surface area contributed by atoms with Crippen LogP contribution in [0.4, 0.5) is 5.69 Å². The van der Waals surface area contributed by atoms with Crippen molar-refractivity contribution >= 4 is 24.6 Å². The second kappa shape index (κ2) is 3.54. The molecule has 0 aliphatic heterocycles. The van der Waals surface area contributed by atoms with Crippen molar-refractivity contribution < 1.29 is 29.4 Å². The molecule has 8 heteroatoms. The fraction of sp³-hybridized carbons (Fsp3) is 0. The van der Waals surface area contributed by atoms with Crippen LogP contribution in [0.2, 0.25) is 0 Å². The average molecular weight is 233 g/mol. The molecule has 0 unspecified atom stereocenters. The summed E-state index contributed by atoms with van der Waals surface area (Å²) in [6.07, 6.45) is 0. The maximum absolute atomic E-state index is 11.0. The van der Waals surface area contributed by atoms with Gasteiger partial charge in [0, 0.05) is 0 Å². The number of aromatic hydroxyl groups is 1. The van der Waals surface area contributed by atoms with Crippen LogP contribution in [-0.4, -0.2) is 26.0 Å². The van der Waals surface area contributed by atoms with Gasteiger partial charge in [0.2, 0.25) is 0 Å². The summed E-state index contributed by atoms with van der Waals surface area (Å²) in [4.78, 5) is 28.4. The Labute approximate surface area is 83.9 Å². The van der Waals surface area contributed by atoms with E-state index < -0.39 is 35.9 Å². The first kappa shape index (κ1) is 11.5. The van der Waals surface area contributed by atoms with Gasteiger partial charge in [-0.05, 0) is 12.1 Å². The highest BCUT2D eigenvalue weighted by molar-refractivity contribution is 7.60. The van der Waals surface area contributed by atoms with E-state index in [9.17, 15) is 9.36 Å². The molecule has 0 bridgehead atoms. The molecule has 0 aliphatic rings. The third-order valence-corrected chi connectivity index (χ3v) is 2.78. The highest BCUT2D eigenvalue weighted by atomic mass is 31.2. The van der Waals surface area contributed by atoms with Crippen molar-refractivity contribution in [1.29, 1.82) is 0 Å². The summed E-state index contributed by atoms with van der Waals surface area (Å²) in [6.45, 7) is 0. The van der Waals surface area contributed by atoms with Gasteiger partial charge in [0.1, 0.15) is 11.1 Å². The highest BCUT2D eigenvalue weighted by Gasteiger charge is 2.29. The predicted octanol–water partition coefficient (Wildman–Crippen LogP) is -0.524. The Morgan fingerprint density at radius 1 is 1.33 bits per heavy atom. The van der Waals surface area contributed by atoms with Crippen molar-refractivity contribution in [3.8, 4) is 5.75 Å². The molecule has 0 heterocycles. The Morgan fingerprint density at radius 3 is 2.27 bits per heavy atom. The molecule has 1 aromatic rings. The first-order chi connectivity index (χ1) is 6.75. The van der Waals surface area contributed by atoms with E-state index in [1.165, 1.54) is 0 Å². The number of phenols is 1. The standard InChI is InChI=1S/C7H8NO6P/c8-5-4(9)2-1-3(7(10)11)6(5)15(12,13)14/h1-2,9H,8H2,(H,10,11)(H2,12,13,14). The zero-order valence-electron chi connectivity index (χ0n) is 7.28. The smallest absolute Gasteiger partial charge is 0.359 e. The molecule has 0 radical (unpaired) electrons. The monoisotopic (exact) mass is 233 g/mol. The maximum Gasteiger partial charge on any atom is 0.359 e. The van der Waals surface area contributed by atoms with Crippen LogP contribution in [0.25, 0.3) is 0 Å². The van der Waals surface area contributed by atoms with Crippen molar-refractivity contribution in [3.63, 3.8) is 0 Å². The van der Waals surface area contributed by atoms with Gasteiger partial charge in [0.25, 0.3) is 0 Å². The molecular weight excluding hydrogens is 225 g/mol. The molecule has 0 amide bonds. The largest absolute Gasteiger partial charge is 0.506 e. The van der Waals surface area contributed by atoms with Gasteiger partial charge in [0.05, 0.1) is 11.3 Å². The first-order valence-corrected chi connectivity index (χ1v) is 5.27. The van der Waals surface area contributed by atoms with E-state index in [0.717, 1.165) is 12.1 Å². The van der Waals surface area contributed by atoms with Crippen molar-refractivity contribution in [2.24, 2.45) is 0 Å². The SMILES string of the molecule is Nc1c(O)ccc(C(=O)O)c1P(=O)(O)O. The summed E-state index contributed by atoms with van der Waals surface area (Å²) in [5.74, 6) is -2.10. The molecule has 0 atom stereocenters. The van der Waals surface area contributed by atoms with Gasteiger partial charge >= 0.3 is 13.6 Å². The number of nitrogen functional groups attached to an aromatic ring is 1. The van der Waals surface area contributed by atoms with E-state index in [2.05, 4.69) is 0 Å². The number of rotatable bonds is 2. The normalized spacial score (nSPS) is 11.3. The molecule has 82 valence electrons. The number of anilines is 1. The van der Waals surface area contributed by atoms with E-state index in [0.29, 0.717) is 0 Å². The number of aromatic carboxylic acids is 1. The lowest BCUT2D eigenvalue weighted by atomic mass is 10.2. The van der Waals surface area contributed by atoms with Crippen LogP contribution < -0.4 is 11.0 Å². The molecule has 7 nitrogen and oxygen atoms in total. The zero-order chi connectivity index (χ0) is 11.8. The van der Waals surface area contributed by atoms with Crippen LogP contribution >= 0.6 is 7.60 Å². The molecule has 6 N–H and O–H groups in total. The quantitative estimate of drug-likeness (QED) is 0.262. The van der Waals surface area contributed by atoms with Gasteiger partial charge in [-0.15, -0.1) is 0 Å². The number of nitrogens with two attached hydrogens (primary N) is 1. The zero-order valence-corrected chi connectivity index (χ0v) is 8.18. The lowest BCUT2D eigenvalue weighted by molar-refractivity contribution is 0.0698. The van der Waals surface area contributed by atoms with E-state index in [1.54, 1.807) is 0 Å². The number of carbonyl (C=O) groups is 1. The van der Waals surface area contributed by atoms with Crippen LogP contribution in [-0.2, 0) is 4.57 Å². The van der Waals surface area contributed by atoms with Crippen molar-refractivity contribution in [2.45, 2.75) is 0 Å². The number of benzene rings is 1. The molecule has 1 rings (SSSR count). The summed E-state index contributed by atoms with van der Waals surface area (Å²) in [7, 11) is -4.84. The highest BCUT2D eigenvalue weighted by Crippen LogP contribution is 2.39. The number of hydrogen-bond donors (Lipinski definition) is 5. The van der Waals surface area contributed by atoms with Crippen LogP contribution in [0, 0.1) is 0 Å². The molecule has 0 fully saturated rings. The topological polar surface area (TPSA) is 141 Å². The molecule has 0 aromatic heterocycles. The van der Waals surface area contributed by atoms with Gasteiger partial charge < -0.3 is 25.7 Å². The molecule has 1 aromatic carbocycles. The number of phenolic OH excluding ortho intramolecular Hbond substituents is 1. The van der Waals surface area contributed by atoms with Crippen molar-refractivity contribution in [2.75, 3.05) is 5.73 Å². The number of carboxylic acids is 1. The van der Waals surface area contributed by atoms with Crippen LogP contribution in [0.5, 0.6) is 5.75 Å².